The van der Waals surface area contributed by atoms with Crippen LogP contribution in [0.1, 0.15) is 10.4 Å². The average molecular weight is 215 g/mol. The Hall–Kier alpha value is -1.37. The Morgan fingerprint density at radius 3 is 2.33 bits per heavy atom. The van der Waals surface area contributed by atoms with Crippen LogP contribution in [0.3, 0.4) is 0 Å². The van der Waals surface area contributed by atoms with E-state index in [-0.39, 0.29) is 5.56 Å². The lowest BCUT2D eigenvalue weighted by Crippen LogP contribution is -2.56. The van der Waals surface area contributed by atoms with E-state index < -0.39 is 31.3 Å². The quantitative estimate of drug-likeness (QED) is 0.490. The lowest BCUT2D eigenvalue weighted by atomic mass is 10.0. The first-order valence-corrected chi connectivity index (χ1v) is 4.35. The molecule has 0 saturated heterocycles. The molecule has 0 unspecified atom stereocenters. The second-order valence-corrected chi connectivity index (χ2v) is 3.22. The maximum Gasteiger partial charge on any atom is 0.255 e. The topological polar surface area (TPSA) is 103 Å². The summed E-state index contributed by atoms with van der Waals surface area (Å²) in [4.78, 5) is 11.5. The van der Waals surface area contributed by atoms with E-state index in [1.807, 2.05) is 0 Å². The highest BCUT2D eigenvalue weighted by Gasteiger charge is 2.30. The van der Waals surface area contributed by atoms with Gasteiger partial charge in [-0.15, -0.1) is 0 Å². The van der Waals surface area contributed by atoms with Crippen LogP contribution >= 0.6 is 0 Å². The van der Waals surface area contributed by atoms with Gasteiger partial charge >= 0.3 is 0 Å². The van der Waals surface area contributed by atoms with E-state index in [4.69, 9.17) is 19.7 Å². The van der Waals surface area contributed by atoms with Crippen molar-refractivity contribution in [2.75, 3.05) is 19.8 Å². The van der Waals surface area contributed by atoms with Crippen LogP contribution in [-0.4, -0.2) is 46.6 Å². The van der Waals surface area contributed by atoms with Gasteiger partial charge in [-0.25, -0.2) is 0 Å². The third-order valence-corrected chi connectivity index (χ3v) is 2.07. The van der Waals surface area contributed by atoms with Crippen LogP contribution in [0.4, 0.5) is 0 Å². The van der Waals surface area contributed by atoms with Gasteiger partial charge in [0.15, 0.2) is 0 Å². The van der Waals surface area contributed by atoms with Crippen molar-refractivity contribution in [2.24, 2.45) is 0 Å². The minimum atomic E-state index is -1.41. The van der Waals surface area contributed by atoms with Crippen molar-refractivity contribution in [1.29, 1.82) is 0 Å². The Balaban J connectivity index is 2.71. The van der Waals surface area contributed by atoms with Gasteiger partial charge in [0, 0.05) is 0 Å². The molecule has 15 heavy (non-hydrogen) atoms. The number of rotatable bonds is 5. The highest BCUT2D eigenvalue weighted by Crippen LogP contribution is 2.06. The third-order valence-electron chi connectivity index (χ3n) is 2.07. The summed E-state index contributed by atoms with van der Waals surface area (Å²) in [5.41, 5.74) is -1.15. The van der Waals surface area contributed by atoms with E-state index in [2.05, 4.69) is 5.32 Å². The number of nitrogens with one attached hydrogen (secondary N) is 1. The summed E-state index contributed by atoms with van der Waals surface area (Å²) in [6, 6.07) is 1.44. The Morgan fingerprint density at radius 1 is 1.33 bits per heavy atom. The number of carbonyl (C=O) groups is 1. The minimum absolute atomic E-state index is 0.259. The van der Waals surface area contributed by atoms with Gasteiger partial charge < -0.3 is 25.1 Å². The zero-order valence-corrected chi connectivity index (χ0v) is 8.01. The fraction of sp³-hybridized carbons (Fsp3) is 0.444. The summed E-state index contributed by atoms with van der Waals surface area (Å²) in [5, 5.41) is 29.2. The SMILES string of the molecule is O=C(NC(CO)(CO)CO)c1ccoc1. The first-order valence-electron chi connectivity index (χ1n) is 4.35. The maximum atomic E-state index is 11.5. The number of aliphatic hydroxyl groups is 3. The Kier molecular flexibility index (Phi) is 3.84. The largest absolute Gasteiger partial charge is 0.472 e. The van der Waals surface area contributed by atoms with E-state index in [0.29, 0.717) is 0 Å². The van der Waals surface area contributed by atoms with Crippen LogP contribution in [0.2, 0.25) is 0 Å². The molecule has 4 N–H and O–H groups in total. The van der Waals surface area contributed by atoms with E-state index >= 15 is 0 Å². The van der Waals surface area contributed by atoms with Crippen LogP contribution in [0.25, 0.3) is 0 Å². The molecule has 1 heterocycles. The summed E-state index contributed by atoms with van der Waals surface area (Å²) < 4.78 is 4.70. The summed E-state index contributed by atoms with van der Waals surface area (Å²) >= 11 is 0. The van der Waals surface area contributed by atoms with Crippen molar-refractivity contribution in [3.63, 3.8) is 0 Å². The molecule has 1 aromatic rings. The van der Waals surface area contributed by atoms with Crippen molar-refractivity contribution >= 4 is 5.91 Å². The van der Waals surface area contributed by atoms with Crippen molar-refractivity contribution < 1.29 is 24.5 Å². The van der Waals surface area contributed by atoms with Crippen molar-refractivity contribution in [3.8, 4) is 0 Å². The molecule has 0 aromatic carbocycles. The molecular weight excluding hydrogens is 202 g/mol. The lowest BCUT2D eigenvalue weighted by molar-refractivity contribution is 0.0375. The van der Waals surface area contributed by atoms with Gasteiger partial charge in [-0.1, -0.05) is 0 Å². The van der Waals surface area contributed by atoms with Crippen molar-refractivity contribution in [2.45, 2.75) is 5.54 Å². The molecule has 0 saturated carbocycles. The molecule has 0 aliphatic rings. The molecule has 1 rings (SSSR count). The second-order valence-electron chi connectivity index (χ2n) is 3.22. The normalized spacial score (nSPS) is 11.4. The first-order chi connectivity index (χ1) is 7.17. The van der Waals surface area contributed by atoms with Crippen molar-refractivity contribution in [1.82, 2.24) is 5.32 Å². The molecule has 84 valence electrons. The molecule has 0 aliphatic heterocycles. The number of furan rings is 1. The molecule has 1 aromatic heterocycles. The first kappa shape index (κ1) is 11.7. The summed E-state index contributed by atoms with van der Waals surface area (Å²) in [6.07, 6.45) is 2.56. The van der Waals surface area contributed by atoms with E-state index in [1.165, 1.54) is 18.6 Å². The molecule has 0 atom stereocenters. The lowest BCUT2D eigenvalue weighted by Gasteiger charge is -2.28. The maximum absolute atomic E-state index is 11.5. The molecule has 0 radical (unpaired) electrons. The Labute approximate surface area is 86.1 Å². The fourth-order valence-electron chi connectivity index (χ4n) is 0.975. The monoisotopic (exact) mass is 215 g/mol. The predicted octanol–water partition coefficient (Wildman–Crippen LogP) is -1.27. The zero-order valence-electron chi connectivity index (χ0n) is 8.01. The number of aliphatic hydroxyl groups excluding tert-OH is 3. The van der Waals surface area contributed by atoms with Crippen molar-refractivity contribution in [3.05, 3.63) is 24.2 Å². The minimum Gasteiger partial charge on any atom is -0.472 e. The second kappa shape index (κ2) is 4.92. The van der Waals surface area contributed by atoms with Gasteiger partial charge in [0.2, 0.25) is 0 Å². The van der Waals surface area contributed by atoms with Crippen LogP contribution in [0, 0.1) is 0 Å². The van der Waals surface area contributed by atoms with Crippen LogP contribution in [0.15, 0.2) is 23.0 Å². The highest BCUT2D eigenvalue weighted by molar-refractivity contribution is 5.94. The van der Waals surface area contributed by atoms with Gasteiger partial charge in [0.1, 0.15) is 11.8 Å². The van der Waals surface area contributed by atoms with Crippen LogP contribution < -0.4 is 5.32 Å². The number of hydrogen-bond donors (Lipinski definition) is 4. The number of amides is 1. The van der Waals surface area contributed by atoms with E-state index in [1.54, 1.807) is 0 Å². The average Bonchev–Trinajstić information content (AvgIpc) is 2.79. The Bertz CT molecular complexity index is 296. The van der Waals surface area contributed by atoms with Crippen LogP contribution in [-0.2, 0) is 0 Å². The zero-order chi connectivity index (χ0) is 11.3. The van der Waals surface area contributed by atoms with Gasteiger partial charge in [-0.05, 0) is 6.07 Å². The molecule has 0 fully saturated rings. The number of hydrogen-bond acceptors (Lipinski definition) is 5. The van der Waals surface area contributed by atoms with E-state index in [0.717, 1.165) is 0 Å². The molecule has 0 aliphatic carbocycles. The van der Waals surface area contributed by atoms with Gasteiger partial charge in [0.05, 0.1) is 31.6 Å². The molecule has 0 bridgehead atoms. The third kappa shape index (κ3) is 2.56. The van der Waals surface area contributed by atoms with Gasteiger partial charge in [-0.3, -0.25) is 4.79 Å². The number of carbonyl (C=O) groups excluding carboxylic acids is 1. The molecule has 6 heteroatoms. The van der Waals surface area contributed by atoms with Gasteiger partial charge in [-0.2, -0.15) is 0 Å². The summed E-state index contributed by atoms with van der Waals surface area (Å²) in [6.45, 7) is -1.66. The fourth-order valence-corrected chi connectivity index (χ4v) is 0.975. The Morgan fingerprint density at radius 2 is 1.93 bits per heavy atom. The van der Waals surface area contributed by atoms with Gasteiger partial charge in [0.25, 0.3) is 5.91 Å². The van der Waals surface area contributed by atoms with E-state index in [9.17, 15) is 4.79 Å². The van der Waals surface area contributed by atoms with Crippen LogP contribution in [0.5, 0.6) is 0 Å². The molecule has 6 nitrogen and oxygen atoms in total. The highest BCUT2D eigenvalue weighted by atomic mass is 16.3. The summed E-state index contributed by atoms with van der Waals surface area (Å²) in [5.74, 6) is -0.527. The smallest absolute Gasteiger partial charge is 0.255 e. The summed E-state index contributed by atoms with van der Waals surface area (Å²) in [7, 11) is 0. The molecule has 1 amide bonds. The standard InChI is InChI=1S/C9H13NO5/c11-4-9(5-12,6-13)10-8(14)7-1-2-15-3-7/h1-3,11-13H,4-6H2,(H,10,14). The molecule has 0 spiro atoms. The molecular formula is C9H13NO5. The predicted molar refractivity (Wildman–Crippen MR) is 50.2 cm³/mol.